The summed E-state index contributed by atoms with van der Waals surface area (Å²) in [5, 5.41) is 0. The second kappa shape index (κ2) is 8.90. The van der Waals surface area contributed by atoms with Crippen LogP contribution in [0.3, 0.4) is 0 Å². The summed E-state index contributed by atoms with van der Waals surface area (Å²) in [6, 6.07) is 10.2. The number of ether oxygens (including phenoxy) is 1. The molecule has 0 spiro atoms. The lowest BCUT2D eigenvalue weighted by atomic mass is 9.75. The van der Waals surface area contributed by atoms with E-state index in [2.05, 4.69) is 33.0 Å². The fraction of sp³-hybridized carbons (Fsp3) is 0.583. The zero-order valence-corrected chi connectivity index (χ0v) is 18.4. The van der Waals surface area contributed by atoms with E-state index < -0.39 is 5.41 Å². The summed E-state index contributed by atoms with van der Waals surface area (Å²) in [6.07, 6.45) is 1.87. The molecule has 2 aliphatic rings. The lowest BCUT2D eigenvalue weighted by Gasteiger charge is -2.31. The molecule has 0 amide bonds. The Morgan fingerprint density at radius 3 is 2.77 bits per heavy atom. The summed E-state index contributed by atoms with van der Waals surface area (Å²) in [4.78, 5) is 22.7. The Hall–Kier alpha value is -2.18. The van der Waals surface area contributed by atoms with E-state index in [1.165, 1.54) is 0 Å². The maximum atomic E-state index is 13.2. The van der Waals surface area contributed by atoms with Crippen molar-refractivity contribution in [3.05, 3.63) is 53.2 Å². The molecule has 0 aliphatic carbocycles. The number of likely N-dealkylation sites (tertiary alicyclic amines) is 2. The number of furan rings is 1. The highest BCUT2D eigenvalue weighted by atomic mass is 16.5. The third kappa shape index (κ3) is 4.44. The highest BCUT2D eigenvalue weighted by Crippen LogP contribution is 2.44. The maximum Gasteiger partial charge on any atom is 0.313 e. The first-order valence-electron chi connectivity index (χ1n) is 11.1. The van der Waals surface area contributed by atoms with Gasteiger partial charge in [-0.15, -0.1) is 0 Å². The van der Waals surface area contributed by atoms with Crippen molar-refractivity contribution in [1.29, 1.82) is 0 Å². The van der Waals surface area contributed by atoms with Crippen molar-refractivity contribution in [1.82, 2.24) is 14.8 Å². The van der Waals surface area contributed by atoms with Crippen LogP contribution in [0.4, 0.5) is 0 Å². The molecule has 0 unspecified atom stereocenters. The van der Waals surface area contributed by atoms with Gasteiger partial charge in [0.25, 0.3) is 0 Å². The van der Waals surface area contributed by atoms with Crippen molar-refractivity contribution in [2.75, 3.05) is 32.8 Å². The van der Waals surface area contributed by atoms with E-state index in [0.29, 0.717) is 6.61 Å². The van der Waals surface area contributed by atoms with E-state index >= 15 is 0 Å². The van der Waals surface area contributed by atoms with E-state index in [-0.39, 0.29) is 11.9 Å². The first kappa shape index (κ1) is 21.1. The topological polar surface area (TPSA) is 58.8 Å². The molecule has 0 radical (unpaired) electrons. The molecule has 4 rings (SSSR count). The van der Waals surface area contributed by atoms with E-state index in [9.17, 15) is 4.79 Å². The summed E-state index contributed by atoms with van der Waals surface area (Å²) < 4.78 is 11.4. The molecule has 0 bridgehead atoms. The van der Waals surface area contributed by atoms with Gasteiger partial charge >= 0.3 is 5.97 Å². The summed E-state index contributed by atoms with van der Waals surface area (Å²) in [5.74, 6) is 2.17. The standard InChI is InChI=1S/C24H33N3O3/c1-4-29-23(28)24-11-6-12-26(16-22-10-9-19(3)30-22)13-20(24)14-27(17-24)15-21-8-5-7-18(2)25-21/h5,7-10,20H,4,6,11-17H2,1-3H3/t20-,24-/m0/s1. The quantitative estimate of drug-likeness (QED) is 0.678. The Balaban J connectivity index is 1.53. The Kier molecular flexibility index (Phi) is 6.25. The van der Waals surface area contributed by atoms with E-state index in [4.69, 9.17) is 9.15 Å². The fourth-order valence-electron chi connectivity index (χ4n) is 5.20. The second-order valence-corrected chi connectivity index (χ2v) is 8.86. The van der Waals surface area contributed by atoms with Gasteiger partial charge in [-0.05, 0) is 64.4 Å². The molecule has 2 aliphatic heterocycles. The molecule has 0 N–H and O–H groups in total. The third-order valence-corrected chi connectivity index (χ3v) is 6.53. The van der Waals surface area contributed by atoms with Gasteiger partial charge in [-0.2, -0.15) is 0 Å². The van der Waals surface area contributed by atoms with Gasteiger partial charge in [0.2, 0.25) is 0 Å². The number of carbonyl (C=O) groups is 1. The molecule has 2 aromatic heterocycles. The zero-order valence-electron chi connectivity index (χ0n) is 18.4. The van der Waals surface area contributed by atoms with Crippen LogP contribution in [0.25, 0.3) is 0 Å². The fourth-order valence-corrected chi connectivity index (χ4v) is 5.20. The summed E-state index contributed by atoms with van der Waals surface area (Å²) in [5.41, 5.74) is 1.67. The van der Waals surface area contributed by atoms with Crippen LogP contribution in [0.2, 0.25) is 0 Å². The number of esters is 1. The van der Waals surface area contributed by atoms with E-state index in [1.807, 2.05) is 32.9 Å². The van der Waals surface area contributed by atoms with Crippen molar-refractivity contribution in [2.45, 2.75) is 46.7 Å². The van der Waals surface area contributed by atoms with Crippen LogP contribution in [0.15, 0.2) is 34.7 Å². The molecular formula is C24H33N3O3. The number of rotatable bonds is 6. The van der Waals surface area contributed by atoms with Gasteiger partial charge in [-0.1, -0.05) is 6.07 Å². The number of carbonyl (C=O) groups excluding carboxylic acids is 1. The van der Waals surface area contributed by atoms with Gasteiger partial charge in [-0.25, -0.2) is 0 Å². The van der Waals surface area contributed by atoms with Crippen molar-refractivity contribution in [2.24, 2.45) is 11.3 Å². The molecule has 2 atom stereocenters. The Labute approximate surface area is 179 Å². The monoisotopic (exact) mass is 411 g/mol. The van der Waals surface area contributed by atoms with Gasteiger partial charge < -0.3 is 9.15 Å². The lowest BCUT2D eigenvalue weighted by Crippen LogP contribution is -2.42. The summed E-state index contributed by atoms with van der Waals surface area (Å²) in [6.45, 7) is 11.4. The van der Waals surface area contributed by atoms with Gasteiger partial charge in [0.1, 0.15) is 11.5 Å². The van der Waals surface area contributed by atoms with Crippen LogP contribution in [0.1, 0.15) is 42.7 Å². The zero-order chi connectivity index (χ0) is 21.1. The minimum absolute atomic E-state index is 0.0228. The normalized spacial score (nSPS) is 25.1. The average Bonchev–Trinajstić information content (AvgIpc) is 3.21. The largest absolute Gasteiger partial charge is 0.466 e. The molecule has 6 heteroatoms. The van der Waals surface area contributed by atoms with Crippen LogP contribution in [0, 0.1) is 25.2 Å². The maximum absolute atomic E-state index is 13.2. The Morgan fingerprint density at radius 2 is 2.03 bits per heavy atom. The van der Waals surface area contributed by atoms with Crippen molar-refractivity contribution in [3.63, 3.8) is 0 Å². The van der Waals surface area contributed by atoms with Crippen molar-refractivity contribution >= 4 is 5.97 Å². The predicted octanol–water partition coefficient (Wildman–Crippen LogP) is 3.57. The molecule has 0 aromatic carbocycles. The molecule has 6 nitrogen and oxygen atoms in total. The van der Waals surface area contributed by atoms with Crippen molar-refractivity contribution < 1.29 is 13.9 Å². The SMILES string of the molecule is CCOC(=O)[C@]12CCCN(Cc3ccc(C)o3)C[C@H]1CN(Cc1cccc(C)n1)C2. The summed E-state index contributed by atoms with van der Waals surface area (Å²) >= 11 is 0. The van der Waals surface area contributed by atoms with E-state index in [1.54, 1.807) is 0 Å². The number of fused-ring (bicyclic) bond motifs is 1. The molecule has 2 saturated heterocycles. The number of aryl methyl sites for hydroxylation is 2. The number of hydrogen-bond donors (Lipinski definition) is 0. The molecule has 162 valence electrons. The second-order valence-electron chi connectivity index (χ2n) is 8.86. The molecular weight excluding hydrogens is 378 g/mol. The number of aromatic nitrogens is 1. The Morgan fingerprint density at radius 1 is 1.20 bits per heavy atom. The minimum atomic E-state index is -0.423. The summed E-state index contributed by atoms with van der Waals surface area (Å²) in [7, 11) is 0. The highest BCUT2D eigenvalue weighted by Gasteiger charge is 2.54. The van der Waals surface area contributed by atoms with E-state index in [0.717, 1.165) is 75.0 Å². The number of pyridine rings is 1. The minimum Gasteiger partial charge on any atom is -0.466 e. The van der Waals surface area contributed by atoms with Crippen LogP contribution in [0.5, 0.6) is 0 Å². The van der Waals surface area contributed by atoms with Crippen LogP contribution in [-0.4, -0.2) is 53.5 Å². The Bertz CT molecular complexity index is 880. The van der Waals surface area contributed by atoms with Gasteiger partial charge in [0.05, 0.1) is 24.3 Å². The number of hydrogen-bond acceptors (Lipinski definition) is 6. The third-order valence-electron chi connectivity index (χ3n) is 6.53. The first-order valence-corrected chi connectivity index (χ1v) is 11.1. The average molecular weight is 412 g/mol. The number of nitrogens with zero attached hydrogens (tertiary/aromatic N) is 3. The highest BCUT2D eigenvalue weighted by molar-refractivity contribution is 5.78. The molecule has 2 fully saturated rings. The van der Waals surface area contributed by atoms with Gasteiger partial charge in [0, 0.05) is 37.8 Å². The van der Waals surface area contributed by atoms with Gasteiger partial charge in [0.15, 0.2) is 0 Å². The van der Waals surface area contributed by atoms with Crippen LogP contribution < -0.4 is 0 Å². The van der Waals surface area contributed by atoms with Crippen LogP contribution >= 0.6 is 0 Å². The van der Waals surface area contributed by atoms with Crippen molar-refractivity contribution in [3.8, 4) is 0 Å². The lowest BCUT2D eigenvalue weighted by molar-refractivity contribution is -0.157. The molecule has 0 saturated carbocycles. The first-order chi connectivity index (χ1) is 14.5. The van der Waals surface area contributed by atoms with Gasteiger partial charge in [-0.3, -0.25) is 19.6 Å². The van der Waals surface area contributed by atoms with Crippen LogP contribution in [-0.2, 0) is 22.6 Å². The predicted molar refractivity (Wildman–Crippen MR) is 115 cm³/mol. The molecule has 30 heavy (non-hydrogen) atoms. The smallest absolute Gasteiger partial charge is 0.313 e. The molecule has 2 aromatic rings. The molecule has 4 heterocycles.